The number of phenolic OH excluding ortho intramolecular Hbond substituents is 1. The van der Waals surface area contributed by atoms with Crippen LogP contribution in [0, 0.1) is 11.3 Å². The van der Waals surface area contributed by atoms with E-state index >= 15 is 0 Å². The van der Waals surface area contributed by atoms with Gasteiger partial charge in [-0.15, -0.1) is 6.58 Å². The van der Waals surface area contributed by atoms with Crippen molar-refractivity contribution < 1.29 is 19.1 Å². The molecule has 0 saturated heterocycles. The molecule has 0 bridgehead atoms. The fraction of sp³-hybridized carbons (Fsp3) is 0.158. The van der Waals surface area contributed by atoms with E-state index < -0.39 is 5.91 Å². The smallest absolute Gasteiger partial charge is 0.262 e. The number of allylic oxidation sites excluding steroid dienone is 1. The first-order valence-electron chi connectivity index (χ1n) is 7.52. The lowest BCUT2D eigenvalue weighted by Gasteiger charge is -2.10. The zero-order valence-electron chi connectivity index (χ0n) is 13.8. The number of hydrogen-bond donors (Lipinski definition) is 2. The zero-order valence-corrected chi connectivity index (χ0v) is 13.8. The summed E-state index contributed by atoms with van der Waals surface area (Å²) in [4.78, 5) is 12.2. The maximum absolute atomic E-state index is 12.2. The number of nitrogens with one attached hydrogen (secondary N) is 1. The molecule has 6 heteroatoms. The first kappa shape index (κ1) is 17.9. The van der Waals surface area contributed by atoms with Crippen LogP contribution in [-0.4, -0.2) is 18.1 Å². The van der Waals surface area contributed by atoms with Crippen LogP contribution >= 0.6 is 0 Å². The number of carbonyl (C=O) groups is 1. The minimum Gasteiger partial charge on any atom is -0.504 e. The van der Waals surface area contributed by atoms with Crippen LogP contribution in [0.2, 0.25) is 0 Å². The molecule has 0 saturated carbocycles. The van der Waals surface area contributed by atoms with Crippen molar-refractivity contribution in [3.8, 4) is 17.6 Å². The van der Waals surface area contributed by atoms with Gasteiger partial charge in [-0.25, -0.2) is 0 Å². The Hall–Kier alpha value is -3.46. The van der Waals surface area contributed by atoms with Gasteiger partial charge >= 0.3 is 0 Å². The number of nitrogens with zero attached hydrogens (tertiary/aromatic N) is 1. The Morgan fingerprint density at radius 3 is 2.92 bits per heavy atom. The van der Waals surface area contributed by atoms with E-state index in [-0.39, 0.29) is 23.6 Å². The summed E-state index contributed by atoms with van der Waals surface area (Å²) in [7, 11) is 1.43. The molecule has 0 fully saturated rings. The van der Waals surface area contributed by atoms with Crippen molar-refractivity contribution >= 4 is 12.0 Å². The number of carbonyl (C=O) groups excluding carboxylic acids is 1. The van der Waals surface area contributed by atoms with Crippen LogP contribution in [0.1, 0.15) is 16.9 Å². The maximum Gasteiger partial charge on any atom is 0.262 e. The van der Waals surface area contributed by atoms with Crippen molar-refractivity contribution in [2.45, 2.75) is 13.0 Å². The molecule has 25 heavy (non-hydrogen) atoms. The number of nitriles is 1. The molecular weight excluding hydrogens is 320 g/mol. The topological polar surface area (TPSA) is 95.5 Å². The Balaban J connectivity index is 2.25. The van der Waals surface area contributed by atoms with Gasteiger partial charge in [0.25, 0.3) is 5.91 Å². The van der Waals surface area contributed by atoms with Crippen molar-refractivity contribution in [3.05, 3.63) is 65.6 Å². The number of ether oxygens (including phenoxy) is 1. The molecule has 2 N–H and O–H groups in total. The third-order valence-electron chi connectivity index (χ3n) is 3.44. The fourth-order valence-corrected chi connectivity index (χ4v) is 2.23. The second-order valence-electron chi connectivity index (χ2n) is 5.16. The van der Waals surface area contributed by atoms with E-state index in [1.54, 1.807) is 30.3 Å². The molecule has 1 amide bonds. The first-order valence-corrected chi connectivity index (χ1v) is 7.52. The number of phenols is 1. The highest BCUT2D eigenvalue weighted by molar-refractivity contribution is 6.01. The first-order chi connectivity index (χ1) is 12.1. The average molecular weight is 338 g/mol. The molecule has 0 radical (unpaired) electrons. The van der Waals surface area contributed by atoms with Crippen LogP contribution in [0.15, 0.2) is 53.2 Å². The Morgan fingerprint density at radius 2 is 2.32 bits per heavy atom. The van der Waals surface area contributed by atoms with Crippen molar-refractivity contribution in [1.29, 1.82) is 5.26 Å². The van der Waals surface area contributed by atoms with Crippen LogP contribution in [0.5, 0.6) is 11.5 Å². The highest BCUT2D eigenvalue weighted by atomic mass is 16.5. The summed E-state index contributed by atoms with van der Waals surface area (Å²) in [6.07, 6.45) is 5.01. The predicted molar refractivity (Wildman–Crippen MR) is 92.7 cm³/mol. The van der Waals surface area contributed by atoms with Gasteiger partial charge in [0, 0.05) is 5.56 Å². The van der Waals surface area contributed by atoms with Crippen LogP contribution in [-0.2, 0) is 17.8 Å². The fourth-order valence-electron chi connectivity index (χ4n) is 2.23. The summed E-state index contributed by atoms with van der Waals surface area (Å²) in [6, 6.07) is 8.55. The molecule has 0 aliphatic carbocycles. The minimum atomic E-state index is -0.517. The van der Waals surface area contributed by atoms with Crippen molar-refractivity contribution in [2.24, 2.45) is 0 Å². The molecule has 6 nitrogen and oxygen atoms in total. The third kappa shape index (κ3) is 4.52. The predicted octanol–water partition coefficient (Wildman–Crippen LogP) is 2.95. The molecule has 2 rings (SSSR count). The van der Waals surface area contributed by atoms with Gasteiger partial charge in [-0.05, 0) is 42.3 Å². The minimum absolute atomic E-state index is 0.0142. The SMILES string of the molecule is C=CCc1cc(/C=C(/C#N)C(=O)NCc2ccco2)cc(OC)c1O. The number of hydrogen-bond acceptors (Lipinski definition) is 5. The number of aromatic hydroxyl groups is 1. The van der Waals surface area contributed by atoms with Gasteiger partial charge in [0.05, 0.1) is 19.9 Å². The maximum atomic E-state index is 12.2. The molecule has 2 aromatic rings. The molecular formula is C19H18N2O4. The average Bonchev–Trinajstić information content (AvgIpc) is 3.13. The van der Waals surface area contributed by atoms with Crippen LogP contribution < -0.4 is 10.1 Å². The summed E-state index contributed by atoms with van der Waals surface area (Å²) in [6.45, 7) is 3.83. The summed E-state index contributed by atoms with van der Waals surface area (Å²) in [5, 5.41) is 22.0. The standard InChI is InChI=1S/C19H18N2O4/c1-3-5-14-8-13(10-17(24-2)18(14)22)9-15(11-20)19(23)21-12-16-6-4-7-25-16/h3-4,6-10,22H,1,5,12H2,2H3,(H,21,23)/b15-9-. The van der Waals surface area contributed by atoms with Gasteiger partial charge < -0.3 is 19.6 Å². The highest BCUT2D eigenvalue weighted by Crippen LogP contribution is 2.32. The monoisotopic (exact) mass is 338 g/mol. The second-order valence-corrected chi connectivity index (χ2v) is 5.16. The Bertz CT molecular complexity index is 830. The van der Waals surface area contributed by atoms with Gasteiger partial charge in [0.15, 0.2) is 11.5 Å². The van der Waals surface area contributed by atoms with Crippen LogP contribution in [0.3, 0.4) is 0 Å². The van der Waals surface area contributed by atoms with Gasteiger partial charge in [-0.1, -0.05) is 6.08 Å². The molecule has 0 aliphatic heterocycles. The normalized spacial score (nSPS) is 10.8. The summed E-state index contributed by atoms with van der Waals surface area (Å²) >= 11 is 0. The second kappa shape index (κ2) is 8.41. The van der Waals surface area contributed by atoms with E-state index in [9.17, 15) is 15.2 Å². The number of rotatable bonds is 7. The van der Waals surface area contributed by atoms with Gasteiger partial charge in [-0.2, -0.15) is 5.26 Å². The molecule has 0 unspecified atom stereocenters. The number of amides is 1. The lowest BCUT2D eigenvalue weighted by atomic mass is 10.0. The van der Waals surface area contributed by atoms with E-state index in [0.717, 1.165) is 0 Å². The van der Waals surface area contributed by atoms with E-state index in [0.29, 0.717) is 23.3 Å². The van der Waals surface area contributed by atoms with E-state index in [1.807, 2.05) is 6.07 Å². The lowest BCUT2D eigenvalue weighted by Crippen LogP contribution is -2.23. The molecule has 128 valence electrons. The van der Waals surface area contributed by atoms with Crippen LogP contribution in [0.4, 0.5) is 0 Å². The molecule has 1 aromatic carbocycles. The molecule has 0 spiro atoms. The van der Waals surface area contributed by atoms with E-state index in [1.165, 1.54) is 19.4 Å². The van der Waals surface area contributed by atoms with E-state index in [4.69, 9.17) is 9.15 Å². The highest BCUT2D eigenvalue weighted by Gasteiger charge is 2.13. The Labute approximate surface area is 145 Å². The number of methoxy groups -OCH3 is 1. The summed E-state index contributed by atoms with van der Waals surface area (Å²) in [5.74, 6) is 0.348. The van der Waals surface area contributed by atoms with Gasteiger partial charge in [0.2, 0.25) is 0 Å². The Morgan fingerprint density at radius 1 is 1.52 bits per heavy atom. The largest absolute Gasteiger partial charge is 0.504 e. The Kier molecular flexibility index (Phi) is 6.02. The zero-order chi connectivity index (χ0) is 18.2. The van der Waals surface area contributed by atoms with Crippen molar-refractivity contribution in [1.82, 2.24) is 5.32 Å². The van der Waals surface area contributed by atoms with Gasteiger partial charge in [0.1, 0.15) is 17.4 Å². The number of furan rings is 1. The molecule has 1 aromatic heterocycles. The van der Waals surface area contributed by atoms with Crippen molar-refractivity contribution in [3.63, 3.8) is 0 Å². The van der Waals surface area contributed by atoms with Crippen LogP contribution in [0.25, 0.3) is 6.08 Å². The van der Waals surface area contributed by atoms with Crippen molar-refractivity contribution in [2.75, 3.05) is 7.11 Å². The summed E-state index contributed by atoms with van der Waals surface area (Å²) < 4.78 is 10.3. The molecule has 1 heterocycles. The van der Waals surface area contributed by atoms with Gasteiger partial charge in [-0.3, -0.25) is 4.79 Å². The lowest BCUT2D eigenvalue weighted by molar-refractivity contribution is -0.117. The quantitative estimate of drug-likeness (QED) is 0.460. The molecule has 0 aliphatic rings. The third-order valence-corrected chi connectivity index (χ3v) is 3.44. The summed E-state index contributed by atoms with van der Waals surface area (Å²) in [5.41, 5.74) is 1.09. The molecule has 0 atom stereocenters. The van der Waals surface area contributed by atoms with E-state index in [2.05, 4.69) is 11.9 Å². The number of benzene rings is 1.